The van der Waals surface area contributed by atoms with E-state index in [9.17, 15) is 9.59 Å². The van der Waals surface area contributed by atoms with Gasteiger partial charge in [-0.05, 0) is 63.8 Å². The standard InChI is InChI=1S/C29H41N7O3/c1-5-29(2)18-36(21-10-6-7-11-21)25-23(35(3)27(29)38)17-31-28(34-25)33-22-13-12-19(15-24(22)39-4)26(37)32-20-9-8-14-30-16-20/h12-13,15,17,20-21,30H,5-11,14,16,18H2,1-4H3,(H,32,37)(H,31,33,34). The van der Waals surface area contributed by atoms with Crippen molar-refractivity contribution in [1.82, 2.24) is 20.6 Å². The second-order valence-corrected chi connectivity index (χ2v) is 11.3. The summed E-state index contributed by atoms with van der Waals surface area (Å²) in [4.78, 5) is 39.9. The summed E-state index contributed by atoms with van der Waals surface area (Å²) in [5, 5.41) is 9.72. The van der Waals surface area contributed by atoms with Crippen LogP contribution < -0.4 is 30.5 Å². The first-order valence-corrected chi connectivity index (χ1v) is 14.2. The number of nitrogens with one attached hydrogen (secondary N) is 3. The van der Waals surface area contributed by atoms with Crippen LogP contribution in [0.2, 0.25) is 0 Å². The van der Waals surface area contributed by atoms with Crippen LogP contribution in [0.15, 0.2) is 24.4 Å². The van der Waals surface area contributed by atoms with Crippen molar-refractivity contribution in [2.75, 3.05) is 48.9 Å². The summed E-state index contributed by atoms with van der Waals surface area (Å²) in [6.07, 6.45) is 9.08. The topological polar surface area (TPSA) is 112 Å². The molecule has 1 aromatic heterocycles. The number of aromatic nitrogens is 2. The van der Waals surface area contributed by atoms with E-state index in [0.29, 0.717) is 35.5 Å². The summed E-state index contributed by atoms with van der Waals surface area (Å²) in [5.74, 6) is 1.70. The lowest BCUT2D eigenvalue weighted by atomic mass is 9.85. The molecule has 2 aliphatic heterocycles. The van der Waals surface area contributed by atoms with Crippen LogP contribution in [-0.2, 0) is 4.79 Å². The van der Waals surface area contributed by atoms with E-state index in [1.807, 2.05) is 13.1 Å². The van der Waals surface area contributed by atoms with Gasteiger partial charge in [-0.2, -0.15) is 4.98 Å². The molecule has 2 amide bonds. The Kier molecular flexibility index (Phi) is 7.93. The van der Waals surface area contributed by atoms with Crippen LogP contribution in [0.4, 0.5) is 23.1 Å². The van der Waals surface area contributed by atoms with E-state index in [1.165, 1.54) is 12.8 Å². The minimum absolute atomic E-state index is 0.0931. The SMILES string of the molecule is CCC1(C)CN(C2CCCC2)c2nc(Nc3ccc(C(=O)NC4CCCNC4)cc3OC)ncc2N(C)C1=O. The highest BCUT2D eigenvalue weighted by molar-refractivity contribution is 6.01. The zero-order valence-corrected chi connectivity index (χ0v) is 23.5. The number of hydrogen-bond donors (Lipinski definition) is 3. The molecule has 0 radical (unpaired) electrons. The summed E-state index contributed by atoms with van der Waals surface area (Å²) in [5.41, 5.74) is 1.43. The Morgan fingerprint density at radius 1 is 1.23 bits per heavy atom. The van der Waals surface area contributed by atoms with Gasteiger partial charge in [0.15, 0.2) is 5.82 Å². The Balaban J connectivity index is 1.42. The third-order valence-electron chi connectivity index (χ3n) is 8.61. The highest BCUT2D eigenvalue weighted by Crippen LogP contribution is 2.42. The van der Waals surface area contributed by atoms with Crippen molar-refractivity contribution in [3.05, 3.63) is 30.0 Å². The number of rotatable bonds is 7. The number of ether oxygens (including phenoxy) is 1. The maximum atomic E-state index is 13.5. The molecule has 3 N–H and O–H groups in total. The highest BCUT2D eigenvalue weighted by Gasteiger charge is 2.43. The summed E-state index contributed by atoms with van der Waals surface area (Å²) < 4.78 is 5.63. The van der Waals surface area contributed by atoms with Gasteiger partial charge in [-0.15, -0.1) is 0 Å². The molecule has 3 aliphatic rings. The number of hydrogen-bond acceptors (Lipinski definition) is 8. The van der Waals surface area contributed by atoms with E-state index in [0.717, 1.165) is 56.7 Å². The molecule has 1 aliphatic carbocycles. The molecule has 0 bridgehead atoms. The summed E-state index contributed by atoms with van der Waals surface area (Å²) in [6.45, 7) is 6.54. The molecule has 2 aromatic rings. The molecule has 1 saturated carbocycles. The monoisotopic (exact) mass is 535 g/mol. The van der Waals surface area contributed by atoms with Crippen LogP contribution in [0.3, 0.4) is 0 Å². The fourth-order valence-corrected chi connectivity index (χ4v) is 5.99. The van der Waals surface area contributed by atoms with E-state index in [2.05, 4.69) is 39.7 Å². The number of carbonyl (C=O) groups is 2. The maximum absolute atomic E-state index is 13.5. The van der Waals surface area contributed by atoms with Gasteiger partial charge in [0, 0.05) is 37.8 Å². The molecule has 1 aromatic carbocycles. The lowest BCUT2D eigenvalue weighted by Crippen LogP contribution is -2.46. The van der Waals surface area contributed by atoms with Gasteiger partial charge in [-0.25, -0.2) is 4.98 Å². The number of benzene rings is 1. The first-order valence-electron chi connectivity index (χ1n) is 14.2. The minimum atomic E-state index is -0.501. The van der Waals surface area contributed by atoms with Gasteiger partial charge in [0.1, 0.15) is 11.4 Å². The molecule has 210 valence electrons. The summed E-state index contributed by atoms with van der Waals surface area (Å²) >= 11 is 0. The highest BCUT2D eigenvalue weighted by atomic mass is 16.5. The molecule has 2 fully saturated rings. The van der Waals surface area contributed by atoms with Gasteiger partial charge >= 0.3 is 0 Å². The zero-order chi connectivity index (χ0) is 27.6. The summed E-state index contributed by atoms with van der Waals surface area (Å²) in [7, 11) is 3.40. The number of amides is 2. The second kappa shape index (κ2) is 11.4. The second-order valence-electron chi connectivity index (χ2n) is 11.3. The number of piperidine rings is 1. The van der Waals surface area contributed by atoms with Crippen molar-refractivity contribution in [2.45, 2.75) is 70.9 Å². The molecular formula is C29H41N7O3. The smallest absolute Gasteiger partial charge is 0.251 e. The van der Waals surface area contributed by atoms with Gasteiger partial charge < -0.3 is 30.5 Å². The van der Waals surface area contributed by atoms with Crippen LogP contribution in [0.1, 0.15) is 69.2 Å². The first-order chi connectivity index (χ1) is 18.8. The Bertz CT molecular complexity index is 1210. The van der Waals surface area contributed by atoms with E-state index >= 15 is 0 Å². The Hall–Kier alpha value is -3.40. The lowest BCUT2D eigenvalue weighted by molar-refractivity contribution is -0.126. The van der Waals surface area contributed by atoms with E-state index in [1.54, 1.807) is 30.3 Å². The van der Waals surface area contributed by atoms with Gasteiger partial charge in [0.2, 0.25) is 11.9 Å². The van der Waals surface area contributed by atoms with Crippen LogP contribution in [0, 0.1) is 5.41 Å². The number of fused-ring (bicyclic) bond motifs is 1. The van der Waals surface area contributed by atoms with Crippen molar-refractivity contribution >= 4 is 35.0 Å². The van der Waals surface area contributed by atoms with Gasteiger partial charge in [0.05, 0.1) is 24.4 Å². The third kappa shape index (κ3) is 5.52. The molecular weight excluding hydrogens is 494 g/mol. The normalized spacial score (nSPS) is 23.8. The molecule has 3 heterocycles. The van der Waals surface area contributed by atoms with Gasteiger partial charge in [0.25, 0.3) is 5.91 Å². The Morgan fingerprint density at radius 3 is 2.72 bits per heavy atom. The molecule has 1 saturated heterocycles. The van der Waals surface area contributed by atoms with Crippen molar-refractivity contribution < 1.29 is 14.3 Å². The first kappa shape index (κ1) is 27.2. The quantitative estimate of drug-likeness (QED) is 0.490. The van der Waals surface area contributed by atoms with Crippen LogP contribution >= 0.6 is 0 Å². The lowest BCUT2D eigenvalue weighted by Gasteiger charge is -2.35. The molecule has 10 heteroatoms. The fraction of sp³-hybridized carbons (Fsp3) is 0.586. The number of carbonyl (C=O) groups excluding carboxylic acids is 2. The largest absolute Gasteiger partial charge is 0.495 e. The molecule has 2 atom stereocenters. The van der Waals surface area contributed by atoms with Crippen LogP contribution in [-0.4, -0.2) is 67.7 Å². The van der Waals surface area contributed by atoms with Crippen molar-refractivity contribution in [3.63, 3.8) is 0 Å². The molecule has 0 spiro atoms. The van der Waals surface area contributed by atoms with Crippen molar-refractivity contribution in [3.8, 4) is 5.75 Å². The average molecular weight is 536 g/mol. The maximum Gasteiger partial charge on any atom is 0.251 e. The number of nitrogens with zero attached hydrogens (tertiary/aromatic N) is 4. The Labute approximate surface area is 230 Å². The van der Waals surface area contributed by atoms with E-state index < -0.39 is 5.41 Å². The molecule has 10 nitrogen and oxygen atoms in total. The third-order valence-corrected chi connectivity index (χ3v) is 8.61. The minimum Gasteiger partial charge on any atom is -0.495 e. The average Bonchev–Trinajstić information content (AvgIpc) is 3.48. The van der Waals surface area contributed by atoms with Crippen molar-refractivity contribution in [1.29, 1.82) is 0 Å². The van der Waals surface area contributed by atoms with E-state index in [-0.39, 0.29) is 17.9 Å². The predicted octanol–water partition coefficient (Wildman–Crippen LogP) is 3.85. The number of anilines is 4. The van der Waals surface area contributed by atoms with Crippen LogP contribution in [0.25, 0.3) is 0 Å². The molecule has 39 heavy (non-hydrogen) atoms. The van der Waals surface area contributed by atoms with Gasteiger partial charge in [-0.3, -0.25) is 9.59 Å². The predicted molar refractivity (Wildman–Crippen MR) is 153 cm³/mol. The fourth-order valence-electron chi connectivity index (χ4n) is 5.99. The zero-order valence-electron chi connectivity index (χ0n) is 23.5. The number of methoxy groups -OCH3 is 1. The van der Waals surface area contributed by atoms with Gasteiger partial charge in [-0.1, -0.05) is 19.8 Å². The molecule has 2 unspecified atom stereocenters. The van der Waals surface area contributed by atoms with Crippen molar-refractivity contribution in [2.24, 2.45) is 5.41 Å². The molecule has 5 rings (SSSR count). The summed E-state index contributed by atoms with van der Waals surface area (Å²) in [6, 6.07) is 5.82. The van der Waals surface area contributed by atoms with E-state index in [4.69, 9.17) is 9.72 Å². The van der Waals surface area contributed by atoms with Crippen LogP contribution in [0.5, 0.6) is 5.75 Å². The Morgan fingerprint density at radius 2 is 2.03 bits per heavy atom.